The topological polar surface area (TPSA) is 123 Å². The molecule has 192 valence electrons. The van der Waals surface area contributed by atoms with Crippen molar-refractivity contribution in [1.82, 2.24) is 0 Å². The molecule has 2 saturated heterocycles. The van der Waals surface area contributed by atoms with E-state index in [1.165, 1.54) is 0 Å². The minimum Gasteiger partial charge on any atom is -0.409 e. The zero-order valence-corrected chi connectivity index (χ0v) is 22.4. The number of nitrogens with zero attached hydrogens (tertiary/aromatic N) is 3. The first-order valence-corrected chi connectivity index (χ1v) is 14.2. The van der Waals surface area contributed by atoms with E-state index in [4.69, 9.17) is 43.1 Å². The molecule has 2 aliphatic heterocycles. The molecule has 0 radical (unpaired) electrons. The molecule has 0 saturated carbocycles. The Bertz CT molecular complexity index is 668. The summed E-state index contributed by atoms with van der Waals surface area (Å²) in [7, 11) is 0.833. The molecular formula is C21H41N3O8Si. The number of azide groups is 1. The van der Waals surface area contributed by atoms with Gasteiger partial charge in [-0.3, -0.25) is 0 Å². The summed E-state index contributed by atoms with van der Waals surface area (Å²) in [6, 6.07) is 0. The lowest BCUT2D eigenvalue weighted by atomic mass is 9.99. The van der Waals surface area contributed by atoms with Crippen LogP contribution in [0.1, 0.15) is 41.0 Å². The predicted molar refractivity (Wildman–Crippen MR) is 123 cm³/mol. The highest BCUT2D eigenvalue weighted by molar-refractivity contribution is 6.74. The van der Waals surface area contributed by atoms with Gasteiger partial charge in [0.05, 0.1) is 6.10 Å². The van der Waals surface area contributed by atoms with Crippen LogP contribution >= 0.6 is 0 Å². The smallest absolute Gasteiger partial charge is 0.192 e. The van der Waals surface area contributed by atoms with Crippen molar-refractivity contribution in [1.29, 1.82) is 0 Å². The zero-order chi connectivity index (χ0) is 24.9. The minimum atomic E-state index is -2.28. The highest BCUT2D eigenvalue weighted by Gasteiger charge is 2.59. The Labute approximate surface area is 198 Å². The SMILES string of the molecule is COCO[C@H]1[C@@H]([C@@H](O[Si](C)(C)C(C)(C)C)[C@H](CCN=[N+]=[N-])OCOC)O[C@@H]2OC(C)(C)O[C@@H]21. The lowest BCUT2D eigenvalue weighted by Crippen LogP contribution is -2.55. The van der Waals surface area contributed by atoms with E-state index in [0.29, 0.717) is 6.42 Å². The molecule has 0 aromatic rings. The van der Waals surface area contributed by atoms with Crippen molar-refractivity contribution in [2.45, 2.75) is 102 Å². The van der Waals surface area contributed by atoms with Gasteiger partial charge >= 0.3 is 0 Å². The number of methoxy groups -OCH3 is 2. The minimum absolute atomic E-state index is 0.0570. The van der Waals surface area contributed by atoms with E-state index in [-0.39, 0.29) is 25.2 Å². The van der Waals surface area contributed by atoms with Crippen molar-refractivity contribution in [2.75, 3.05) is 34.4 Å². The van der Waals surface area contributed by atoms with Gasteiger partial charge in [-0.1, -0.05) is 25.9 Å². The van der Waals surface area contributed by atoms with Crippen LogP contribution in [0.2, 0.25) is 18.1 Å². The van der Waals surface area contributed by atoms with Crippen molar-refractivity contribution in [3.8, 4) is 0 Å². The molecule has 2 heterocycles. The largest absolute Gasteiger partial charge is 0.409 e. The summed E-state index contributed by atoms with van der Waals surface area (Å²) < 4.78 is 47.8. The number of hydrogen-bond donors (Lipinski definition) is 0. The maximum absolute atomic E-state index is 8.77. The van der Waals surface area contributed by atoms with Crippen molar-refractivity contribution in [3.63, 3.8) is 0 Å². The molecule has 11 nitrogen and oxygen atoms in total. The second-order valence-electron chi connectivity index (χ2n) is 10.3. The Morgan fingerprint density at radius 3 is 2.36 bits per heavy atom. The summed E-state index contributed by atoms with van der Waals surface area (Å²) in [4.78, 5) is 2.87. The summed E-state index contributed by atoms with van der Waals surface area (Å²) in [5.74, 6) is -0.793. The molecule has 0 aliphatic carbocycles. The Balaban J connectivity index is 2.41. The standard InChI is InChI=1S/C21H41N3O8Si/c1-20(2,3)33(8,9)32-15(14(27-12-25-6)10-11-23-24-22)17-16(28-13-26-7)18-19(29-17)31-21(4,5)30-18/h14-19H,10-13H2,1-9H3/t14-,15-,16-,17+,18+,19+/m0/s1. The first-order chi connectivity index (χ1) is 15.4. The molecule has 6 atom stereocenters. The van der Waals surface area contributed by atoms with E-state index >= 15 is 0 Å². The Kier molecular flexibility index (Phi) is 10.1. The van der Waals surface area contributed by atoms with Crippen molar-refractivity contribution >= 4 is 8.32 Å². The lowest BCUT2D eigenvalue weighted by Gasteiger charge is -2.44. The summed E-state index contributed by atoms with van der Waals surface area (Å²) >= 11 is 0. The molecule has 0 bridgehead atoms. The monoisotopic (exact) mass is 491 g/mol. The Morgan fingerprint density at radius 1 is 1.12 bits per heavy atom. The van der Waals surface area contributed by atoms with E-state index in [9.17, 15) is 0 Å². The quantitative estimate of drug-likeness (QED) is 0.125. The number of fused-ring (bicyclic) bond motifs is 1. The normalized spacial score (nSPS) is 28.9. The molecule has 12 heteroatoms. The van der Waals surface area contributed by atoms with E-state index in [2.05, 4.69) is 43.9 Å². The van der Waals surface area contributed by atoms with Gasteiger partial charge in [0.2, 0.25) is 0 Å². The average Bonchev–Trinajstić information content (AvgIpc) is 3.18. The first-order valence-electron chi connectivity index (χ1n) is 11.3. The molecule has 0 N–H and O–H groups in total. The highest BCUT2D eigenvalue weighted by Crippen LogP contribution is 2.44. The van der Waals surface area contributed by atoms with Gasteiger partial charge in [0.25, 0.3) is 0 Å². The molecule has 0 amide bonds. The maximum atomic E-state index is 8.77. The summed E-state index contributed by atoms with van der Waals surface area (Å²) in [6.45, 7) is 14.9. The van der Waals surface area contributed by atoms with Crippen LogP contribution in [-0.2, 0) is 37.6 Å². The van der Waals surface area contributed by atoms with E-state index in [1.807, 2.05) is 13.8 Å². The highest BCUT2D eigenvalue weighted by atomic mass is 28.4. The van der Waals surface area contributed by atoms with Gasteiger partial charge in [0, 0.05) is 25.7 Å². The van der Waals surface area contributed by atoms with Crippen LogP contribution in [0.3, 0.4) is 0 Å². The van der Waals surface area contributed by atoms with Crippen LogP contribution in [0.25, 0.3) is 10.4 Å². The zero-order valence-electron chi connectivity index (χ0n) is 21.4. The molecule has 0 spiro atoms. The van der Waals surface area contributed by atoms with Crippen molar-refractivity contribution < 1.29 is 37.6 Å². The van der Waals surface area contributed by atoms with Crippen molar-refractivity contribution in [3.05, 3.63) is 10.4 Å². The number of rotatable bonds is 13. The predicted octanol–water partition coefficient (Wildman–Crippen LogP) is 3.93. The van der Waals surface area contributed by atoms with Gasteiger partial charge in [-0.25, -0.2) is 0 Å². The second kappa shape index (κ2) is 11.8. The van der Waals surface area contributed by atoms with Crippen molar-refractivity contribution in [2.24, 2.45) is 5.11 Å². The van der Waals surface area contributed by atoms with E-state index < -0.39 is 50.9 Å². The number of hydrogen-bond acceptors (Lipinski definition) is 9. The molecular weight excluding hydrogens is 450 g/mol. The summed E-state index contributed by atoms with van der Waals surface area (Å²) in [5, 5.41) is 3.63. The molecule has 0 aromatic carbocycles. The van der Waals surface area contributed by atoms with E-state index in [1.54, 1.807) is 14.2 Å². The van der Waals surface area contributed by atoms with Crippen LogP contribution in [0.4, 0.5) is 0 Å². The van der Waals surface area contributed by atoms with Gasteiger partial charge < -0.3 is 37.6 Å². The first kappa shape index (κ1) is 28.4. The maximum Gasteiger partial charge on any atom is 0.192 e. The lowest BCUT2D eigenvalue weighted by molar-refractivity contribution is -0.244. The van der Waals surface area contributed by atoms with Crippen LogP contribution in [-0.4, -0.2) is 85.3 Å². The molecule has 0 aromatic heterocycles. The van der Waals surface area contributed by atoms with Crippen LogP contribution in [0.15, 0.2) is 5.11 Å². The summed E-state index contributed by atoms with van der Waals surface area (Å²) in [5.41, 5.74) is 8.77. The third kappa shape index (κ3) is 7.34. The van der Waals surface area contributed by atoms with Gasteiger partial charge in [-0.15, -0.1) is 0 Å². The second-order valence-corrected chi connectivity index (χ2v) is 15.1. The third-order valence-electron chi connectivity index (χ3n) is 6.31. The fourth-order valence-corrected chi connectivity index (χ4v) is 5.02. The molecule has 0 unspecified atom stereocenters. The average molecular weight is 492 g/mol. The Morgan fingerprint density at radius 2 is 1.79 bits per heavy atom. The Hall–Kier alpha value is -0.793. The van der Waals surface area contributed by atoms with Crippen LogP contribution < -0.4 is 0 Å². The summed E-state index contributed by atoms with van der Waals surface area (Å²) in [6.07, 6.45) is -2.74. The fraction of sp³-hybridized carbons (Fsp3) is 1.00. The van der Waals surface area contributed by atoms with E-state index in [0.717, 1.165) is 0 Å². The van der Waals surface area contributed by atoms with Gasteiger partial charge in [0.1, 0.15) is 38.0 Å². The van der Waals surface area contributed by atoms with Crippen LogP contribution in [0.5, 0.6) is 0 Å². The third-order valence-corrected chi connectivity index (χ3v) is 10.8. The van der Waals surface area contributed by atoms with Crippen LogP contribution in [0, 0.1) is 0 Å². The fourth-order valence-electron chi connectivity index (χ4n) is 3.70. The molecule has 2 aliphatic rings. The van der Waals surface area contributed by atoms with Gasteiger partial charge in [-0.2, -0.15) is 0 Å². The number of ether oxygens (including phenoxy) is 7. The van der Waals surface area contributed by atoms with Gasteiger partial charge in [-0.05, 0) is 43.9 Å². The molecule has 2 fully saturated rings. The van der Waals surface area contributed by atoms with Gasteiger partial charge in [0.15, 0.2) is 20.4 Å². The molecule has 2 rings (SSSR count). The molecule has 33 heavy (non-hydrogen) atoms.